The molecule has 0 saturated carbocycles. The highest BCUT2D eigenvalue weighted by Gasteiger charge is 2.26. The molecule has 0 unspecified atom stereocenters. The SMILES string of the molecule is CC(C)(C)c1ccc(NC(=O)C2CCN(c3ncccn3)CC2)cc1. The monoisotopic (exact) mass is 338 g/mol. The number of piperidine rings is 1. The van der Waals surface area contributed by atoms with Crippen LogP contribution in [0.5, 0.6) is 0 Å². The summed E-state index contributed by atoms with van der Waals surface area (Å²) in [5, 5.41) is 3.06. The molecule has 132 valence electrons. The van der Waals surface area contributed by atoms with Gasteiger partial charge >= 0.3 is 0 Å². The zero-order valence-corrected chi connectivity index (χ0v) is 15.2. The van der Waals surface area contributed by atoms with Crippen LogP contribution >= 0.6 is 0 Å². The van der Waals surface area contributed by atoms with Crippen LogP contribution < -0.4 is 10.2 Å². The molecule has 2 heterocycles. The minimum atomic E-state index is 0.0438. The number of aromatic nitrogens is 2. The number of amides is 1. The lowest BCUT2D eigenvalue weighted by Gasteiger charge is -2.31. The molecule has 1 fully saturated rings. The van der Waals surface area contributed by atoms with Crippen molar-refractivity contribution in [2.45, 2.75) is 39.0 Å². The van der Waals surface area contributed by atoms with Gasteiger partial charge in [0.2, 0.25) is 11.9 Å². The van der Waals surface area contributed by atoms with Crippen molar-refractivity contribution >= 4 is 17.5 Å². The van der Waals surface area contributed by atoms with Crippen molar-refractivity contribution in [2.75, 3.05) is 23.3 Å². The number of benzene rings is 1. The number of carbonyl (C=O) groups excluding carboxylic acids is 1. The molecule has 1 N–H and O–H groups in total. The summed E-state index contributed by atoms with van der Waals surface area (Å²) >= 11 is 0. The topological polar surface area (TPSA) is 58.1 Å². The summed E-state index contributed by atoms with van der Waals surface area (Å²) in [4.78, 5) is 23.2. The molecule has 1 aromatic heterocycles. The molecule has 0 spiro atoms. The summed E-state index contributed by atoms with van der Waals surface area (Å²) in [5.74, 6) is 0.901. The van der Waals surface area contributed by atoms with Crippen LogP contribution in [0.25, 0.3) is 0 Å². The van der Waals surface area contributed by atoms with Gasteiger partial charge < -0.3 is 10.2 Å². The van der Waals surface area contributed by atoms with Gasteiger partial charge in [-0.1, -0.05) is 32.9 Å². The van der Waals surface area contributed by atoms with E-state index in [1.807, 2.05) is 18.2 Å². The van der Waals surface area contributed by atoms with E-state index in [4.69, 9.17) is 0 Å². The van der Waals surface area contributed by atoms with Crippen LogP contribution in [-0.2, 0) is 10.2 Å². The molecule has 5 heteroatoms. The van der Waals surface area contributed by atoms with Crippen molar-refractivity contribution in [1.82, 2.24) is 9.97 Å². The Morgan fingerprint density at radius 2 is 1.68 bits per heavy atom. The first-order valence-electron chi connectivity index (χ1n) is 8.87. The summed E-state index contributed by atoms with van der Waals surface area (Å²) in [7, 11) is 0. The highest BCUT2D eigenvalue weighted by molar-refractivity contribution is 5.92. The lowest BCUT2D eigenvalue weighted by atomic mass is 9.87. The van der Waals surface area contributed by atoms with Crippen molar-refractivity contribution in [2.24, 2.45) is 5.92 Å². The molecule has 0 aliphatic carbocycles. The van der Waals surface area contributed by atoms with Gasteiger partial charge in [0.15, 0.2) is 0 Å². The fraction of sp³-hybridized carbons (Fsp3) is 0.450. The molecule has 5 nitrogen and oxygen atoms in total. The van der Waals surface area contributed by atoms with Crippen LogP contribution in [0.15, 0.2) is 42.7 Å². The van der Waals surface area contributed by atoms with Gasteiger partial charge in [-0.05, 0) is 42.0 Å². The van der Waals surface area contributed by atoms with Crippen LogP contribution in [0, 0.1) is 5.92 Å². The van der Waals surface area contributed by atoms with E-state index in [2.05, 4.69) is 53.1 Å². The highest BCUT2D eigenvalue weighted by Crippen LogP contribution is 2.25. The zero-order valence-electron chi connectivity index (χ0n) is 15.2. The van der Waals surface area contributed by atoms with Gasteiger partial charge in [-0.15, -0.1) is 0 Å². The molecule has 0 radical (unpaired) electrons. The third kappa shape index (κ3) is 4.35. The van der Waals surface area contributed by atoms with Crippen LogP contribution in [-0.4, -0.2) is 29.0 Å². The van der Waals surface area contributed by atoms with Crippen molar-refractivity contribution in [1.29, 1.82) is 0 Å². The first-order chi connectivity index (χ1) is 11.9. The fourth-order valence-electron chi connectivity index (χ4n) is 3.09. The van der Waals surface area contributed by atoms with Gasteiger partial charge in [-0.2, -0.15) is 0 Å². The molecule has 25 heavy (non-hydrogen) atoms. The predicted octanol–water partition coefficient (Wildman–Crippen LogP) is 3.63. The summed E-state index contributed by atoms with van der Waals surface area (Å²) in [5.41, 5.74) is 2.25. The Morgan fingerprint density at radius 1 is 1.08 bits per heavy atom. The third-order valence-electron chi connectivity index (χ3n) is 4.72. The quantitative estimate of drug-likeness (QED) is 0.928. The van der Waals surface area contributed by atoms with E-state index in [0.717, 1.165) is 37.6 Å². The van der Waals surface area contributed by atoms with Gasteiger partial charge in [-0.25, -0.2) is 9.97 Å². The van der Waals surface area contributed by atoms with Gasteiger partial charge in [0.25, 0.3) is 0 Å². The second-order valence-corrected chi connectivity index (χ2v) is 7.63. The van der Waals surface area contributed by atoms with Gasteiger partial charge in [0.05, 0.1) is 0 Å². The largest absolute Gasteiger partial charge is 0.341 e. The van der Waals surface area contributed by atoms with Crippen molar-refractivity contribution in [3.05, 3.63) is 48.3 Å². The summed E-state index contributed by atoms with van der Waals surface area (Å²) in [6.45, 7) is 8.18. The lowest BCUT2D eigenvalue weighted by molar-refractivity contribution is -0.120. The molecule has 1 aliphatic heterocycles. The molecular formula is C20H26N4O. The first-order valence-corrected chi connectivity index (χ1v) is 8.87. The van der Waals surface area contributed by atoms with Crippen molar-refractivity contribution < 1.29 is 4.79 Å². The zero-order chi connectivity index (χ0) is 17.9. The Labute approximate surface area is 149 Å². The Balaban J connectivity index is 1.54. The smallest absolute Gasteiger partial charge is 0.227 e. The van der Waals surface area contributed by atoms with E-state index in [0.29, 0.717) is 0 Å². The number of carbonyl (C=O) groups is 1. The Kier molecular flexibility index (Phi) is 5.02. The Bertz CT molecular complexity index is 699. The van der Waals surface area contributed by atoms with Crippen LogP contribution in [0.4, 0.5) is 11.6 Å². The normalized spacial score (nSPS) is 15.9. The van der Waals surface area contributed by atoms with Crippen molar-refractivity contribution in [3.8, 4) is 0 Å². The Hall–Kier alpha value is -2.43. The second-order valence-electron chi connectivity index (χ2n) is 7.63. The van der Waals surface area contributed by atoms with E-state index in [9.17, 15) is 4.79 Å². The average molecular weight is 338 g/mol. The number of rotatable bonds is 3. The van der Waals surface area contributed by atoms with Crippen LogP contribution in [0.3, 0.4) is 0 Å². The average Bonchev–Trinajstić information content (AvgIpc) is 2.62. The van der Waals surface area contributed by atoms with E-state index < -0.39 is 0 Å². The molecule has 0 atom stereocenters. The Morgan fingerprint density at radius 3 is 2.24 bits per heavy atom. The molecule has 3 rings (SSSR count). The first kappa shape index (κ1) is 17.4. The van der Waals surface area contributed by atoms with Crippen LogP contribution in [0.1, 0.15) is 39.2 Å². The summed E-state index contributed by atoms with van der Waals surface area (Å²) < 4.78 is 0. The van der Waals surface area contributed by atoms with Crippen LogP contribution in [0.2, 0.25) is 0 Å². The number of nitrogens with one attached hydrogen (secondary N) is 1. The number of anilines is 2. The lowest BCUT2D eigenvalue weighted by Crippen LogP contribution is -2.39. The third-order valence-corrected chi connectivity index (χ3v) is 4.72. The minimum absolute atomic E-state index is 0.0438. The minimum Gasteiger partial charge on any atom is -0.341 e. The van der Waals surface area contributed by atoms with E-state index in [-0.39, 0.29) is 17.2 Å². The number of hydrogen-bond donors (Lipinski definition) is 1. The number of nitrogens with zero attached hydrogens (tertiary/aromatic N) is 3. The van der Waals surface area contributed by atoms with Gasteiger partial charge in [-0.3, -0.25) is 4.79 Å². The summed E-state index contributed by atoms with van der Waals surface area (Å²) in [6, 6.07) is 9.97. The van der Waals surface area contributed by atoms with Gasteiger partial charge in [0.1, 0.15) is 0 Å². The molecule has 1 amide bonds. The maximum Gasteiger partial charge on any atom is 0.227 e. The van der Waals surface area contributed by atoms with E-state index in [1.165, 1.54) is 5.56 Å². The molecular weight excluding hydrogens is 312 g/mol. The molecule has 0 bridgehead atoms. The maximum atomic E-state index is 12.5. The fourth-order valence-corrected chi connectivity index (χ4v) is 3.09. The summed E-state index contributed by atoms with van der Waals surface area (Å²) in [6.07, 6.45) is 5.15. The molecule has 1 aliphatic rings. The standard InChI is InChI=1S/C20H26N4O/c1-20(2,3)16-5-7-17(8-6-16)23-18(25)15-9-13-24(14-10-15)19-21-11-4-12-22-19/h4-8,11-12,15H,9-10,13-14H2,1-3H3,(H,23,25). The van der Waals surface area contributed by atoms with E-state index in [1.54, 1.807) is 12.4 Å². The molecule has 1 saturated heterocycles. The maximum absolute atomic E-state index is 12.5. The van der Waals surface area contributed by atoms with E-state index >= 15 is 0 Å². The van der Waals surface area contributed by atoms with Crippen molar-refractivity contribution in [3.63, 3.8) is 0 Å². The molecule has 2 aromatic rings. The highest BCUT2D eigenvalue weighted by atomic mass is 16.1. The predicted molar refractivity (Wildman–Crippen MR) is 101 cm³/mol. The number of hydrogen-bond acceptors (Lipinski definition) is 4. The molecule has 1 aromatic carbocycles. The second kappa shape index (κ2) is 7.21. The van der Waals surface area contributed by atoms with Gasteiger partial charge in [0, 0.05) is 37.1 Å².